The molecule has 2 fully saturated rings. The molecule has 1 saturated heterocycles. The maximum atomic E-state index is 13.8. The van der Waals surface area contributed by atoms with Crippen molar-refractivity contribution in [1.29, 1.82) is 0 Å². The summed E-state index contributed by atoms with van der Waals surface area (Å²) in [5.74, 6) is -0.871. The number of likely N-dealkylation sites (tertiary alicyclic amines) is 1. The minimum absolute atomic E-state index is 0.0413. The summed E-state index contributed by atoms with van der Waals surface area (Å²) in [7, 11) is 0. The number of halogens is 1. The minimum Gasteiger partial charge on any atom is -0.480 e. The number of aryl methyl sites for hydroxylation is 2. The molecule has 1 aromatic carbocycles. The minimum atomic E-state index is -0.873. The molecule has 0 bridgehead atoms. The lowest BCUT2D eigenvalue weighted by atomic mass is 9.96. The molecule has 6 nitrogen and oxygen atoms in total. The van der Waals surface area contributed by atoms with E-state index in [1.54, 1.807) is 6.07 Å². The van der Waals surface area contributed by atoms with Gasteiger partial charge in [0.15, 0.2) is 0 Å². The fourth-order valence-corrected chi connectivity index (χ4v) is 5.33. The summed E-state index contributed by atoms with van der Waals surface area (Å²) in [6, 6.07) is 8.10. The molecule has 0 amide bonds. The molecule has 2 atom stereocenters. The Morgan fingerprint density at radius 3 is 2.94 bits per heavy atom. The first-order valence-electron chi connectivity index (χ1n) is 12.7. The van der Waals surface area contributed by atoms with Crippen molar-refractivity contribution in [3.8, 4) is 0 Å². The third-order valence-corrected chi connectivity index (χ3v) is 7.25. The van der Waals surface area contributed by atoms with Gasteiger partial charge in [0, 0.05) is 31.9 Å². The second kappa shape index (κ2) is 10.4. The number of pyridine rings is 1. The van der Waals surface area contributed by atoms with E-state index in [1.165, 1.54) is 23.5 Å². The third-order valence-electron chi connectivity index (χ3n) is 7.25. The van der Waals surface area contributed by atoms with Crippen molar-refractivity contribution in [2.75, 3.05) is 31.6 Å². The Labute approximate surface area is 200 Å². The lowest BCUT2D eigenvalue weighted by Crippen LogP contribution is -2.34. The van der Waals surface area contributed by atoms with E-state index in [2.05, 4.69) is 17.4 Å². The SMILES string of the molecule is O=C(O)C(c1ccc(F)cc1C1CC1)N1CC[C@@H](OCCCCc2ccc3c(n2)CCCN3)C1. The zero-order valence-corrected chi connectivity index (χ0v) is 19.6. The molecule has 34 heavy (non-hydrogen) atoms. The third kappa shape index (κ3) is 5.41. The number of fused-ring (bicyclic) bond motifs is 1. The lowest BCUT2D eigenvalue weighted by molar-refractivity contribution is -0.143. The number of benzene rings is 1. The number of aromatic nitrogens is 1. The number of ether oxygens (including phenoxy) is 1. The van der Waals surface area contributed by atoms with Crippen molar-refractivity contribution >= 4 is 11.7 Å². The van der Waals surface area contributed by atoms with Crippen LogP contribution in [-0.2, 0) is 22.4 Å². The van der Waals surface area contributed by atoms with Crippen molar-refractivity contribution in [3.05, 3.63) is 58.7 Å². The Morgan fingerprint density at radius 2 is 2.12 bits per heavy atom. The number of carboxylic acid groups (broad SMARTS) is 1. The van der Waals surface area contributed by atoms with Crippen molar-refractivity contribution in [2.45, 2.75) is 69.4 Å². The van der Waals surface area contributed by atoms with E-state index in [-0.39, 0.29) is 11.9 Å². The Kier molecular flexibility index (Phi) is 7.11. The summed E-state index contributed by atoms with van der Waals surface area (Å²) >= 11 is 0. The molecule has 3 aliphatic rings. The van der Waals surface area contributed by atoms with Crippen LogP contribution in [0.15, 0.2) is 30.3 Å². The van der Waals surface area contributed by atoms with Crippen molar-refractivity contribution < 1.29 is 19.0 Å². The first-order valence-corrected chi connectivity index (χ1v) is 12.7. The maximum Gasteiger partial charge on any atom is 0.325 e. The van der Waals surface area contributed by atoms with Gasteiger partial charge in [-0.1, -0.05) is 6.07 Å². The van der Waals surface area contributed by atoms with E-state index in [4.69, 9.17) is 9.72 Å². The second-order valence-corrected chi connectivity index (χ2v) is 9.85. The number of anilines is 1. The molecule has 1 aliphatic carbocycles. The van der Waals surface area contributed by atoms with Gasteiger partial charge in [-0.25, -0.2) is 4.39 Å². The summed E-state index contributed by atoms with van der Waals surface area (Å²) < 4.78 is 19.9. The smallest absolute Gasteiger partial charge is 0.325 e. The van der Waals surface area contributed by atoms with Crippen LogP contribution >= 0.6 is 0 Å². The van der Waals surface area contributed by atoms with Crippen LogP contribution in [0.2, 0.25) is 0 Å². The molecule has 0 spiro atoms. The molecule has 7 heteroatoms. The van der Waals surface area contributed by atoms with Gasteiger partial charge >= 0.3 is 5.97 Å². The molecule has 182 valence electrons. The molecule has 2 aromatic rings. The summed E-state index contributed by atoms with van der Waals surface area (Å²) in [4.78, 5) is 19.0. The van der Waals surface area contributed by atoms with Crippen LogP contribution in [0.1, 0.15) is 73.0 Å². The van der Waals surface area contributed by atoms with E-state index in [0.29, 0.717) is 25.6 Å². The summed E-state index contributed by atoms with van der Waals surface area (Å²) in [6.07, 6.45) is 7.99. The molecule has 3 heterocycles. The highest BCUT2D eigenvalue weighted by Crippen LogP contribution is 2.44. The van der Waals surface area contributed by atoms with Crippen molar-refractivity contribution in [2.24, 2.45) is 0 Å². The van der Waals surface area contributed by atoms with E-state index < -0.39 is 12.0 Å². The monoisotopic (exact) mass is 467 g/mol. The van der Waals surface area contributed by atoms with Gasteiger partial charge < -0.3 is 15.2 Å². The molecular formula is C27H34FN3O3. The van der Waals surface area contributed by atoms with Gasteiger partial charge in [0.25, 0.3) is 0 Å². The molecule has 1 saturated carbocycles. The molecule has 2 aliphatic heterocycles. The van der Waals surface area contributed by atoms with E-state index in [0.717, 1.165) is 74.7 Å². The predicted molar refractivity (Wildman–Crippen MR) is 129 cm³/mol. The van der Waals surface area contributed by atoms with Crippen molar-refractivity contribution in [3.63, 3.8) is 0 Å². The van der Waals surface area contributed by atoms with Gasteiger partial charge in [-0.3, -0.25) is 14.7 Å². The lowest BCUT2D eigenvalue weighted by Gasteiger charge is -2.26. The van der Waals surface area contributed by atoms with Gasteiger partial charge in [0.05, 0.1) is 17.5 Å². The summed E-state index contributed by atoms with van der Waals surface area (Å²) in [5.41, 5.74) is 5.11. The highest BCUT2D eigenvalue weighted by atomic mass is 19.1. The quantitative estimate of drug-likeness (QED) is 0.494. The average Bonchev–Trinajstić information content (AvgIpc) is 3.58. The van der Waals surface area contributed by atoms with Crippen molar-refractivity contribution in [1.82, 2.24) is 9.88 Å². The number of unbranched alkanes of at least 4 members (excludes halogenated alkanes) is 1. The fourth-order valence-electron chi connectivity index (χ4n) is 5.33. The number of hydrogen-bond acceptors (Lipinski definition) is 5. The second-order valence-electron chi connectivity index (χ2n) is 9.85. The molecule has 1 aromatic heterocycles. The molecule has 1 unspecified atom stereocenters. The Balaban J connectivity index is 1.10. The standard InChI is InChI=1S/C27H34FN3O3/c28-19-8-10-22(23(16-19)18-6-7-18)26(27(32)33)31-14-12-21(17-31)34-15-2-1-4-20-9-11-24-25(30-20)5-3-13-29-24/h8-11,16,18,21,26,29H,1-7,12-15,17H2,(H,32,33)/t21-,26?/m1/s1. The number of nitrogens with one attached hydrogen (secondary N) is 1. The molecule has 2 N–H and O–H groups in total. The van der Waals surface area contributed by atoms with Crippen LogP contribution in [0.25, 0.3) is 0 Å². The number of carbonyl (C=O) groups is 1. The number of hydrogen-bond donors (Lipinski definition) is 2. The number of nitrogens with zero attached hydrogens (tertiary/aromatic N) is 2. The highest BCUT2D eigenvalue weighted by molar-refractivity contribution is 5.76. The van der Waals surface area contributed by atoms with Crippen LogP contribution < -0.4 is 5.32 Å². The zero-order valence-electron chi connectivity index (χ0n) is 19.6. The first kappa shape index (κ1) is 23.2. The number of rotatable bonds is 10. The van der Waals surface area contributed by atoms with Crippen LogP contribution in [0, 0.1) is 5.82 Å². The van der Waals surface area contributed by atoms with Gasteiger partial charge in [-0.05, 0) is 92.7 Å². The van der Waals surface area contributed by atoms with E-state index >= 15 is 0 Å². The summed E-state index contributed by atoms with van der Waals surface area (Å²) in [6.45, 7) is 2.98. The average molecular weight is 468 g/mol. The topological polar surface area (TPSA) is 74.7 Å². The maximum absolute atomic E-state index is 13.8. The number of aliphatic carboxylic acids is 1. The molecule has 0 radical (unpaired) electrons. The van der Waals surface area contributed by atoms with Crippen LogP contribution in [0.3, 0.4) is 0 Å². The van der Waals surface area contributed by atoms with E-state index in [1.807, 2.05) is 4.90 Å². The molecule has 5 rings (SSSR count). The van der Waals surface area contributed by atoms with Gasteiger partial charge in [-0.15, -0.1) is 0 Å². The van der Waals surface area contributed by atoms with Gasteiger partial charge in [0.2, 0.25) is 0 Å². The first-order chi connectivity index (χ1) is 16.6. The Bertz CT molecular complexity index is 1030. The highest BCUT2D eigenvalue weighted by Gasteiger charge is 2.37. The van der Waals surface area contributed by atoms with Crippen LogP contribution in [0.4, 0.5) is 10.1 Å². The Hall–Kier alpha value is -2.51. The number of carboxylic acids is 1. The van der Waals surface area contributed by atoms with Crippen LogP contribution in [-0.4, -0.2) is 53.3 Å². The normalized spacial score (nSPS) is 21.1. The van der Waals surface area contributed by atoms with Gasteiger partial charge in [0.1, 0.15) is 11.9 Å². The fraction of sp³-hybridized carbons (Fsp3) is 0.556. The Morgan fingerprint density at radius 1 is 1.24 bits per heavy atom. The molecular weight excluding hydrogens is 433 g/mol. The largest absolute Gasteiger partial charge is 0.480 e. The van der Waals surface area contributed by atoms with Gasteiger partial charge in [-0.2, -0.15) is 0 Å². The predicted octanol–water partition coefficient (Wildman–Crippen LogP) is 4.70. The van der Waals surface area contributed by atoms with Crippen LogP contribution in [0.5, 0.6) is 0 Å². The zero-order chi connectivity index (χ0) is 23.5. The van der Waals surface area contributed by atoms with E-state index in [9.17, 15) is 14.3 Å². The summed E-state index contributed by atoms with van der Waals surface area (Å²) in [5, 5.41) is 13.4.